The SMILES string of the molecule is CC(NCc1cccc2cccnc12)c1cnn(C)c1. The highest BCUT2D eigenvalue weighted by atomic mass is 15.2. The van der Waals surface area contributed by atoms with E-state index < -0.39 is 0 Å². The molecular weight excluding hydrogens is 248 g/mol. The van der Waals surface area contributed by atoms with Crippen molar-refractivity contribution in [3.8, 4) is 0 Å². The first-order valence-corrected chi connectivity index (χ1v) is 6.78. The van der Waals surface area contributed by atoms with Gasteiger partial charge in [0.25, 0.3) is 0 Å². The van der Waals surface area contributed by atoms with Crippen LogP contribution in [0.2, 0.25) is 0 Å². The molecule has 0 aliphatic heterocycles. The van der Waals surface area contributed by atoms with E-state index in [1.807, 2.05) is 36.4 Å². The van der Waals surface area contributed by atoms with Crippen LogP contribution >= 0.6 is 0 Å². The third-order valence-electron chi connectivity index (χ3n) is 3.54. The van der Waals surface area contributed by atoms with Crippen LogP contribution in [0.5, 0.6) is 0 Å². The molecule has 3 rings (SSSR count). The summed E-state index contributed by atoms with van der Waals surface area (Å²) < 4.78 is 1.83. The van der Waals surface area contributed by atoms with Gasteiger partial charge in [-0.25, -0.2) is 0 Å². The summed E-state index contributed by atoms with van der Waals surface area (Å²) in [6.07, 6.45) is 5.79. The van der Waals surface area contributed by atoms with E-state index in [9.17, 15) is 0 Å². The minimum atomic E-state index is 0.266. The number of nitrogens with one attached hydrogen (secondary N) is 1. The summed E-state index contributed by atoms with van der Waals surface area (Å²) in [4.78, 5) is 4.48. The lowest BCUT2D eigenvalue weighted by Gasteiger charge is -2.13. The van der Waals surface area contributed by atoms with Gasteiger partial charge in [-0.2, -0.15) is 5.10 Å². The Kier molecular flexibility index (Phi) is 3.48. The van der Waals surface area contributed by atoms with Crippen molar-refractivity contribution in [1.29, 1.82) is 0 Å². The Bertz CT molecular complexity index is 712. The highest BCUT2D eigenvalue weighted by Crippen LogP contribution is 2.17. The monoisotopic (exact) mass is 266 g/mol. The number of fused-ring (bicyclic) bond motifs is 1. The summed E-state index contributed by atoms with van der Waals surface area (Å²) in [5.41, 5.74) is 3.49. The predicted octanol–water partition coefficient (Wildman–Crippen LogP) is 2.82. The second-order valence-corrected chi connectivity index (χ2v) is 5.04. The largest absolute Gasteiger partial charge is 0.306 e. The zero-order valence-electron chi connectivity index (χ0n) is 11.7. The number of pyridine rings is 1. The fourth-order valence-electron chi connectivity index (χ4n) is 2.35. The molecule has 0 spiro atoms. The first-order chi connectivity index (χ1) is 9.74. The van der Waals surface area contributed by atoms with Crippen molar-refractivity contribution in [2.24, 2.45) is 7.05 Å². The summed E-state index contributed by atoms with van der Waals surface area (Å²) in [6, 6.07) is 10.6. The number of hydrogen-bond donors (Lipinski definition) is 1. The van der Waals surface area contributed by atoms with E-state index in [-0.39, 0.29) is 6.04 Å². The van der Waals surface area contributed by atoms with E-state index in [4.69, 9.17) is 0 Å². The van der Waals surface area contributed by atoms with Crippen molar-refractivity contribution < 1.29 is 0 Å². The fraction of sp³-hybridized carbons (Fsp3) is 0.250. The summed E-state index contributed by atoms with van der Waals surface area (Å²) in [6.45, 7) is 2.94. The molecular formula is C16H18N4. The van der Waals surface area contributed by atoms with Crippen LogP contribution in [0.25, 0.3) is 10.9 Å². The van der Waals surface area contributed by atoms with Crippen LogP contribution in [0, 0.1) is 0 Å². The molecule has 0 saturated heterocycles. The average Bonchev–Trinajstić information content (AvgIpc) is 2.91. The number of para-hydroxylation sites is 1. The Morgan fingerprint density at radius 3 is 2.90 bits per heavy atom. The summed E-state index contributed by atoms with van der Waals surface area (Å²) in [7, 11) is 1.94. The molecule has 0 amide bonds. The first kappa shape index (κ1) is 12.8. The van der Waals surface area contributed by atoms with Gasteiger partial charge in [0.2, 0.25) is 0 Å². The van der Waals surface area contributed by atoms with Crippen LogP contribution < -0.4 is 5.32 Å². The molecule has 1 N–H and O–H groups in total. The van der Waals surface area contributed by atoms with Crippen molar-refractivity contribution in [2.45, 2.75) is 19.5 Å². The van der Waals surface area contributed by atoms with Crippen LogP contribution in [0.1, 0.15) is 24.1 Å². The molecule has 0 radical (unpaired) electrons. The van der Waals surface area contributed by atoms with Crippen molar-refractivity contribution in [1.82, 2.24) is 20.1 Å². The molecule has 2 heterocycles. The lowest BCUT2D eigenvalue weighted by Crippen LogP contribution is -2.18. The maximum atomic E-state index is 4.48. The quantitative estimate of drug-likeness (QED) is 0.789. The van der Waals surface area contributed by atoms with Gasteiger partial charge in [0.05, 0.1) is 11.7 Å². The molecule has 3 aromatic rings. The first-order valence-electron chi connectivity index (χ1n) is 6.78. The van der Waals surface area contributed by atoms with Gasteiger partial charge in [-0.15, -0.1) is 0 Å². The van der Waals surface area contributed by atoms with Crippen molar-refractivity contribution >= 4 is 10.9 Å². The van der Waals surface area contributed by atoms with Gasteiger partial charge in [-0.1, -0.05) is 24.3 Å². The zero-order valence-corrected chi connectivity index (χ0v) is 11.7. The van der Waals surface area contributed by atoms with Gasteiger partial charge in [0.15, 0.2) is 0 Å². The molecule has 1 aromatic carbocycles. The lowest BCUT2D eigenvalue weighted by molar-refractivity contribution is 0.575. The van der Waals surface area contributed by atoms with E-state index in [1.54, 1.807) is 0 Å². The van der Waals surface area contributed by atoms with E-state index in [1.165, 1.54) is 16.5 Å². The van der Waals surface area contributed by atoms with Crippen molar-refractivity contribution in [2.75, 3.05) is 0 Å². The van der Waals surface area contributed by atoms with Crippen LogP contribution in [0.3, 0.4) is 0 Å². The standard InChI is InChI=1S/C16H18N4/c1-12(15-10-19-20(2)11-15)18-9-14-6-3-5-13-7-4-8-17-16(13)14/h3-8,10-12,18H,9H2,1-2H3. The third-order valence-corrected chi connectivity index (χ3v) is 3.54. The smallest absolute Gasteiger partial charge is 0.0746 e. The summed E-state index contributed by atoms with van der Waals surface area (Å²) >= 11 is 0. The van der Waals surface area contributed by atoms with Crippen LogP contribution in [-0.4, -0.2) is 14.8 Å². The Labute approximate surface area is 118 Å². The summed E-state index contributed by atoms with van der Waals surface area (Å²) in [5, 5.41) is 8.92. The van der Waals surface area contributed by atoms with E-state index >= 15 is 0 Å². The predicted molar refractivity (Wildman–Crippen MR) is 80.2 cm³/mol. The number of hydrogen-bond acceptors (Lipinski definition) is 3. The second kappa shape index (κ2) is 5.43. The molecule has 2 aromatic heterocycles. The van der Waals surface area contributed by atoms with Gasteiger partial charge in [0.1, 0.15) is 0 Å². The Balaban J connectivity index is 1.77. The van der Waals surface area contributed by atoms with Gasteiger partial charge in [-0.05, 0) is 18.6 Å². The number of rotatable bonds is 4. The van der Waals surface area contributed by atoms with Crippen molar-refractivity contribution in [3.63, 3.8) is 0 Å². The van der Waals surface area contributed by atoms with E-state index in [0.717, 1.165) is 12.1 Å². The average molecular weight is 266 g/mol. The summed E-state index contributed by atoms with van der Waals surface area (Å²) in [5.74, 6) is 0. The highest BCUT2D eigenvalue weighted by molar-refractivity contribution is 5.81. The molecule has 0 aliphatic carbocycles. The Morgan fingerprint density at radius 1 is 1.25 bits per heavy atom. The van der Waals surface area contributed by atoms with Gasteiger partial charge >= 0.3 is 0 Å². The highest BCUT2D eigenvalue weighted by Gasteiger charge is 2.08. The third kappa shape index (κ3) is 2.56. The number of benzene rings is 1. The Morgan fingerprint density at radius 2 is 2.10 bits per heavy atom. The molecule has 0 fully saturated rings. The molecule has 4 nitrogen and oxygen atoms in total. The van der Waals surface area contributed by atoms with Crippen LogP contribution in [-0.2, 0) is 13.6 Å². The molecule has 1 atom stereocenters. The van der Waals surface area contributed by atoms with Crippen molar-refractivity contribution in [3.05, 3.63) is 60.0 Å². The number of aryl methyl sites for hydroxylation is 1. The fourth-order valence-corrected chi connectivity index (χ4v) is 2.35. The molecule has 0 aliphatic rings. The lowest BCUT2D eigenvalue weighted by atomic mass is 10.1. The maximum absolute atomic E-state index is 4.48. The van der Waals surface area contributed by atoms with Crippen LogP contribution in [0.4, 0.5) is 0 Å². The maximum Gasteiger partial charge on any atom is 0.0746 e. The van der Waals surface area contributed by atoms with E-state index in [0.29, 0.717) is 0 Å². The topological polar surface area (TPSA) is 42.7 Å². The molecule has 0 saturated carbocycles. The minimum absolute atomic E-state index is 0.266. The second-order valence-electron chi connectivity index (χ2n) is 5.04. The zero-order chi connectivity index (χ0) is 13.9. The molecule has 1 unspecified atom stereocenters. The Hall–Kier alpha value is -2.20. The number of aromatic nitrogens is 3. The molecule has 4 heteroatoms. The molecule has 20 heavy (non-hydrogen) atoms. The van der Waals surface area contributed by atoms with E-state index in [2.05, 4.69) is 46.6 Å². The number of nitrogens with zero attached hydrogens (tertiary/aromatic N) is 3. The van der Waals surface area contributed by atoms with Crippen LogP contribution in [0.15, 0.2) is 48.9 Å². The minimum Gasteiger partial charge on any atom is -0.306 e. The normalized spacial score (nSPS) is 12.7. The van der Waals surface area contributed by atoms with Gasteiger partial charge in [-0.3, -0.25) is 9.67 Å². The molecule has 0 bridgehead atoms. The van der Waals surface area contributed by atoms with Gasteiger partial charge in [0, 0.05) is 43.0 Å². The molecule has 102 valence electrons. The van der Waals surface area contributed by atoms with Gasteiger partial charge < -0.3 is 5.32 Å².